The van der Waals surface area contributed by atoms with E-state index in [1.54, 1.807) is 16.0 Å². The number of amides is 2. The van der Waals surface area contributed by atoms with Crippen LogP contribution in [0.1, 0.15) is 38.8 Å². The zero-order valence-corrected chi connectivity index (χ0v) is 13.2. The van der Waals surface area contributed by atoms with Gasteiger partial charge in [-0.15, -0.1) is 0 Å². The Morgan fingerprint density at radius 3 is 2.57 bits per heavy atom. The number of nitrogens with zero attached hydrogens (tertiary/aromatic N) is 3. The van der Waals surface area contributed by atoms with Crippen LogP contribution in [0.2, 0.25) is 0 Å². The Morgan fingerprint density at radius 1 is 1.24 bits per heavy atom. The smallest absolute Gasteiger partial charge is 0.224 e. The van der Waals surface area contributed by atoms with E-state index in [1.165, 1.54) is 6.92 Å². The fraction of sp³-hybridized carbons (Fsp3) is 0.562. The molecule has 0 unspecified atom stereocenters. The van der Waals surface area contributed by atoms with Crippen LogP contribution in [-0.4, -0.2) is 46.7 Å². The Labute approximate surface area is 127 Å². The maximum atomic E-state index is 12.0. The van der Waals surface area contributed by atoms with E-state index in [0.29, 0.717) is 19.5 Å². The predicted molar refractivity (Wildman–Crippen MR) is 82.5 cm³/mol. The first-order chi connectivity index (χ1) is 10.0. The summed E-state index contributed by atoms with van der Waals surface area (Å²) in [5.74, 6) is 0.0420. The summed E-state index contributed by atoms with van der Waals surface area (Å²) >= 11 is 0. The molecular weight excluding hydrogens is 266 g/mol. The fourth-order valence-electron chi connectivity index (χ4n) is 1.98. The van der Waals surface area contributed by atoms with Crippen LogP contribution >= 0.6 is 0 Å². The van der Waals surface area contributed by atoms with E-state index in [4.69, 9.17) is 0 Å². The molecule has 2 amide bonds. The molecule has 0 bridgehead atoms. The van der Waals surface area contributed by atoms with Crippen molar-refractivity contribution in [3.8, 4) is 0 Å². The topological polar surface area (TPSA) is 53.5 Å². The zero-order chi connectivity index (χ0) is 15.7. The number of rotatable bonds is 8. The molecule has 0 atom stereocenters. The number of unbranched alkanes of at least 4 members (excludes halogenated alkanes) is 1. The molecule has 116 valence electrons. The van der Waals surface area contributed by atoms with Crippen molar-refractivity contribution in [1.29, 1.82) is 0 Å². The molecule has 0 radical (unpaired) electrons. The number of carbonyl (C=O) groups excluding carboxylic acids is 2. The van der Waals surface area contributed by atoms with Crippen molar-refractivity contribution in [2.75, 3.05) is 20.1 Å². The monoisotopic (exact) mass is 291 g/mol. The van der Waals surface area contributed by atoms with Gasteiger partial charge < -0.3 is 9.80 Å². The van der Waals surface area contributed by atoms with Gasteiger partial charge in [0.15, 0.2) is 0 Å². The lowest BCUT2D eigenvalue weighted by atomic mass is 10.2. The Balaban J connectivity index is 2.48. The SMILES string of the molecule is CCCCN(C)C(=O)CCN(Cc1ccccn1)C(C)=O. The highest BCUT2D eigenvalue weighted by atomic mass is 16.2. The Hall–Kier alpha value is -1.91. The molecule has 0 saturated heterocycles. The van der Waals surface area contributed by atoms with Crippen LogP contribution in [0.4, 0.5) is 0 Å². The maximum Gasteiger partial charge on any atom is 0.224 e. The average molecular weight is 291 g/mol. The first-order valence-electron chi connectivity index (χ1n) is 7.44. The Morgan fingerprint density at radius 2 is 2.00 bits per heavy atom. The molecule has 21 heavy (non-hydrogen) atoms. The lowest BCUT2D eigenvalue weighted by Gasteiger charge is -2.22. The van der Waals surface area contributed by atoms with E-state index in [0.717, 1.165) is 25.1 Å². The minimum Gasteiger partial charge on any atom is -0.346 e. The van der Waals surface area contributed by atoms with Crippen molar-refractivity contribution in [3.05, 3.63) is 30.1 Å². The van der Waals surface area contributed by atoms with E-state index < -0.39 is 0 Å². The van der Waals surface area contributed by atoms with Crippen LogP contribution in [0, 0.1) is 0 Å². The molecule has 0 aliphatic heterocycles. The summed E-state index contributed by atoms with van der Waals surface area (Å²) in [6.07, 6.45) is 4.13. The minimum absolute atomic E-state index is 0.0373. The van der Waals surface area contributed by atoms with Gasteiger partial charge in [-0.25, -0.2) is 0 Å². The summed E-state index contributed by atoms with van der Waals surface area (Å²) in [5, 5.41) is 0. The molecule has 0 N–H and O–H groups in total. The second kappa shape index (κ2) is 9.10. The second-order valence-electron chi connectivity index (χ2n) is 5.18. The van der Waals surface area contributed by atoms with Gasteiger partial charge in [-0.05, 0) is 18.6 Å². The molecule has 1 rings (SSSR count). The first-order valence-corrected chi connectivity index (χ1v) is 7.44. The summed E-state index contributed by atoms with van der Waals surface area (Å²) in [5.41, 5.74) is 0.833. The van der Waals surface area contributed by atoms with Crippen molar-refractivity contribution in [2.45, 2.75) is 39.7 Å². The van der Waals surface area contributed by atoms with Crippen LogP contribution in [0.3, 0.4) is 0 Å². The predicted octanol–water partition coefficient (Wildman–Crippen LogP) is 2.08. The molecule has 0 aromatic carbocycles. The molecule has 0 aliphatic carbocycles. The fourth-order valence-corrected chi connectivity index (χ4v) is 1.98. The number of pyridine rings is 1. The molecule has 5 heteroatoms. The molecule has 1 heterocycles. The normalized spacial score (nSPS) is 10.2. The van der Waals surface area contributed by atoms with Crippen LogP contribution in [0.5, 0.6) is 0 Å². The summed E-state index contributed by atoms with van der Waals surface area (Å²) in [6.45, 7) is 5.27. The van der Waals surface area contributed by atoms with Gasteiger partial charge in [0.1, 0.15) is 0 Å². The quantitative estimate of drug-likeness (QED) is 0.737. The van der Waals surface area contributed by atoms with Crippen molar-refractivity contribution in [3.63, 3.8) is 0 Å². The van der Waals surface area contributed by atoms with Crippen LogP contribution in [-0.2, 0) is 16.1 Å². The van der Waals surface area contributed by atoms with Crippen LogP contribution < -0.4 is 0 Å². The highest BCUT2D eigenvalue weighted by Gasteiger charge is 2.14. The standard InChI is InChI=1S/C16H25N3O2/c1-4-5-11-18(3)16(21)9-12-19(14(2)20)13-15-8-6-7-10-17-15/h6-8,10H,4-5,9,11-13H2,1-3H3. The van der Waals surface area contributed by atoms with Gasteiger partial charge in [0.2, 0.25) is 11.8 Å². The Kier molecular flexibility index (Phi) is 7.43. The van der Waals surface area contributed by atoms with Gasteiger partial charge in [-0.2, -0.15) is 0 Å². The van der Waals surface area contributed by atoms with E-state index in [1.807, 2.05) is 25.2 Å². The van der Waals surface area contributed by atoms with E-state index >= 15 is 0 Å². The highest BCUT2D eigenvalue weighted by molar-refractivity contribution is 5.77. The molecule has 0 aliphatic rings. The van der Waals surface area contributed by atoms with Crippen molar-refractivity contribution in [1.82, 2.24) is 14.8 Å². The van der Waals surface area contributed by atoms with E-state index in [9.17, 15) is 9.59 Å². The minimum atomic E-state index is -0.0373. The largest absolute Gasteiger partial charge is 0.346 e. The lowest BCUT2D eigenvalue weighted by Crippen LogP contribution is -2.34. The van der Waals surface area contributed by atoms with Gasteiger partial charge in [-0.3, -0.25) is 14.6 Å². The lowest BCUT2D eigenvalue weighted by molar-refractivity contribution is -0.133. The van der Waals surface area contributed by atoms with E-state index in [2.05, 4.69) is 11.9 Å². The third-order valence-electron chi connectivity index (χ3n) is 3.39. The van der Waals surface area contributed by atoms with Gasteiger partial charge in [-0.1, -0.05) is 19.4 Å². The van der Waals surface area contributed by atoms with Crippen LogP contribution in [0.15, 0.2) is 24.4 Å². The number of hydrogen-bond donors (Lipinski definition) is 0. The summed E-state index contributed by atoms with van der Waals surface area (Å²) in [6, 6.07) is 5.61. The van der Waals surface area contributed by atoms with Crippen molar-refractivity contribution >= 4 is 11.8 Å². The molecule has 0 fully saturated rings. The third-order valence-corrected chi connectivity index (χ3v) is 3.39. The number of carbonyl (C=O) groups is 2. The number of hydrogen-bond acceptors (Lipinski definition) is 3. The van der Waals surface area contributed by atoms with Crippen molar-refractivity contribution < 1.29 is 9.59 Å². The van der Waals surface area contributed by atoms with Gasteiger partial charge in [0.25, 0.3) is 0 Å². The van der Waals surface area contributed by atoms with Gasteiger partial charge >= 0.3 is 0 Å². The zero-order valence-electron chi connectivity index (χ0n) is 13.2. The van der Waals surface area contributed by atoms with Crippen molar-refractivity contribution in [2.24, 2.45) is 0 Å². The molecule has 0 spiro atoms. The molecule has 1 aromatic heterocycles. The molecule has 1 aromatic rings. The second-order valence-corrected chi connectivity index (χ2v) is 5.18. The van der Waals surface area contributed by atoms with Gasteiger partial charge in [0.05, 0.1) is 12.2 Å². The third kappa shape index (κ3) is 6.38. The van der Waals surface area contributed by atoms with E-state index in [-0.39, 0.29) is 11.8 Å². The number of aromatic nitrogens is 1. The van der Waals surface area contributed by atoms with Crippen LogP contribution in [0.25, 0.3) is 0 Å². The summed E-state index contributed by atoms with van der Waals surface area (Å²) in [4.78, 5) is 31.3. The summed E-state index contributed by atoms with van der Waals surface area (Å²) < 4.78 is 0. The molecule has 0 saturated carbocycles. The maximum absolute atomic E-state index is 12.0. The molecule has 5 nitrogen and oxygen atoms in total. The highest BCUT2D eigenvalue weighted by Crippen LogP contribution is 2.04. The molecular formula is C16H25N3O2. The average Bonchev–Trinajstić information content (AvgIpc) is 2.49. The Bertz CT molecular complexity index is 448. The first kappa shape index (κ1) is 17.1. The van der Waals surface area contributed by atoms with Gasteiger partial charge in [0, 0.05) is 39.7 Å². The summed E-state index contributed by atoms with van der Waals surface area (Å²) in [7, 11) is 1.81.